The Bertz CT molecular complexity index is 1450. The molecule has 2 aromatic carbocycles. The molecule has 1 fully saturated rings. The van der Waals surface area contributed by atoms with Gasteiger partial charge in [-0.05, 0) is 18.2 Å². The largest absolute Gasteiger partial charge is 0.497 e. The number of rotatable bonds is 6. The molecule has 35 heavy (non-hydrogen) atoms. The molecule has 1 aliphatic heterocycles. The summed E-state index contributed by atoms with van der Waals surface area (Å²) in [5.74, 6) is 1.79. The first-order chi connectivity index (χ1) is 17.0. The number of aromatic amines is 1. The van der Waals surface area contributed by atoms with Crippen LogP contribution in [0.2, 0.25) is 0 Å². The first kappa shape index (κ1) is 22.6. The number of nitrogens with one attached hydrogen (secondary N) is 1. The lowest BCUT2D eigenvalue weighted by Crippen LogP contribution is -2.50. The number of anilines is 1. The van der Waals surface area contributed by atoms with Crippen LogP contribution in [0.4, 0.5) is 5.69 Å². The van der Waals surface area contributed by atoms with Crippen LogP contribution in [0.3, 0.4) is 0 Å². The lowest BCUT2D eigenvalue weighted by molar-refractivity contribution is -0.132. The monoisotopic (exact) mass is 477 g/mol. The molecule has 1 amide bonds. The molecule has 1 aliphatic rings. The maximum Gasteiger partial charge on any atom is 0.278 e. The van der Waals surface area contributed by atoms with Crippen molar-refractivity contribution in [1.29, 1.82) is 0 Å². The van der Waals surface area contributed by atoms with E-state index in [1.807, 2.05) is 24.3 Å². The van der Waals surface area contributed by atoms with Crippen molar-refractivity contribution in [2.75, 3.05) is 52.4 Å². The van der Waals surface area contributed by atoms with E-state index in [4.69, 9.17) is 14.2 Å². The Morgan fingerprint density at radius 1 is 1.00 bits per heavy atom. The zero-order chi connectivity index (χ0) is 24.5. The number of fused-ring (bicyclic) bond motifs is 3. The number of aromatic nitrogens is 3. The van der Waals surface area contributed by atoms with Crippen LogP contribution in [0.15, 0.2) is 47.5 Å². The first-order valence-corrected chi connectivity index (χ1v) is 11.3. The average Bonchev–Trinajstić information content (AvgIpc) is 3.27. The summed E-state index contributed by atoms with van der Waals surface area (Å²) in [6.45, 7) is 2.50. The first-order valence-electron chi connectivity index (χ1n) is 11.3. The Labute approximate surface area is 201 Å². The molecule has 182 valence electrons. The van der Waals surface area contributed by atoms with Gasteiger partial charge in [0.25, 0.3) is 5.56 Å². The highest BCUT2D eigenvalue weighted by Crippen LogP contribution is 2.34. The second-order valence-corrected chi connectivity index (χ2v) is 8.35. The van der Waals surface area contributed by atoms with Crippen molar-refractivity contribution in [3.8, 4) is 17.2 Å². The number of nitrogens with zero attached hydrogens (tertiary/aromatic N) is 4. The summed E-state index contributed by atoms with van der Waals surface area (Å²) in [5, 5.41) is 0.752. The molecular weight excluding hydrogens is 450 g/mol. The predicted octanol–water partition coefficient (Wildman–Crippen LogP) is 2.25. The van der Waals surface area contributed by atoms with E-state index in [0.717, 1.165) is 16.8 Å². The van der Waals surface area contributed by atoms with Gasteiger partial charge >= 0.3 is 0 Å². The van der Waals surface area contributed by atoms with E-state index < -0.39 is 0 Å². The quantitative estimate of drug-likeness (QED) is 0.455. The van der Waals surface area contributed by atoms with Gasteiger partial charge in [-0.2, -0.15) is 0 Å². The molecule has 0 bridgehead atoms. The van der Waals surface area contributed by atoms with Crippen molar-refractivity contribution in [3.63, 3.8) is 0 Å². The van der Waals surface area contributed by atoms with Gasteiger partial charge in [-0.3, -0.25) is 14.2 Å². The van der Waals surface area contributed by atoms with Crippen LogP contribution in [0.25, 0.3) is 21.9 Å². The maximum atomic E-state index is 13.2. The Hall–Kier alpha value is -4.21. The van der Waals surface area contributed by atoms with Crippen LogP contribution in [-0.2, 0) is 11.3 Å². The van der Waals surface area contributed by atoms with Crippen LogP contribution in [0.1, 0.15) is 0 Å². The van der Waals surface area contributed by atoms with E-state index in [9.17, 15) is 9.59 Å². The number of carbonyl (C=O) groups is 1. The standard InChI is InChI=1S/C25H27N5O5/c1-33-17-6-4-5-16(11-17)28-7-9-29(10-8-28)22(31)14-30-15-26-23-18-12-20(34-2)21(35-3)13-19(18)27-24(23)25(30)32/h4-6,11-13,15,27H,7-10,14H2,1-3H3. The number of amides is 1. The highest BCUT2D eigenvalue weighted by molar-refractivity contribution is 6.05. The number of benzene rings is 2. The van der Waals surface area contributed by atoms with Gasteiger partial charge in [0.15, 0.2) is 11.5 Å². The van der Waals surface area contributed by atoms with Gasteiger partial charge in [0.05, 0.1) is 33.2 Å². The third-order valence-electron chi connectivity index (χ3n) is 6.43. The van der Waals surface area contributed by atoms with Crippen molar-refractivity contribution in [2.24, 2.45) is 0 Å². The molecule has 0 unspecified atom stereocenters. The molecule has 3 heterocycles. The molecule has 1 saturated heterocycles. The number of piperazine rings is 1. The van der Waals surface area contributed by atoms with Crippen LogP contribution in [-0.4, -0.2) is 72.9 Å². The molecule has 1 N–H and O–H groups in total. The summed E-state index contributed by atoms with van der Waals surface area (Å²) in [5.41, 5.74) is 2.34. The number of methoxy groups -OCH3 is 3. The Morgan fingerprint density at radius 2 is 1.74 bits per heavy atom. The molecule has 5 rings (SSSR count). The minimum Gasteiger partial charge on any atom is -0.497 e. The maximum absolute atomic E-state index is 13.2. The number of hydrogen-bond donors (Lipinski definition) is 1. The zero-order valence-electron chi connectivity index (χ0n) is 19.9. The lowest BCUT2D eigenvalue weighted by Gasteiger charge is -2.36. The third kappa shape index (κ3) is 4.11. The molecule has 0 aliphatic carbocycles. The molecule has 2 aromatic heterocycles. The van der Waals surface area contributed by atoms with Gasteiger partial charge in [-0.1, -0.05) is 6.07 Å². The number of H-pyrrole nitrogens is 1. The Morgan fingerprint density at radius 3 is 2.46 bits per heavy atom. The summed E-state index contributed by atoms with van der Waals surface area (Å²) in [4.78, 5) is 37.8. The molecule has 0 spiro atoms. The lowest BCUT2D eigenvalue weighted by atomic mass is 10.2. The molecule has 4 aromatic rings. The summed E-state index contributed by atoms with van der Waals surface area (Å²) in [6, 6.07) is 11.4. The van der Waals surface area contributed by atoms with Gasteiger partial charge in [0.2, 0.25) is 5.91 Å². The van der Waals surface area contributed by atoms with E-state index >= 15 is 0 Å². The Kier molecular flexibility index (Phi) is 5.94. The van der Waals surface area contributed by atoms with Gasteiger partial charge in [-0.25, -0.2) is 4.98 Å². The fourth-order valence-corrected chi connectivity index (χ4v) is 4.50. The van der Waals surface area contributed by atoms with Gasteiger partial charge in [0.1, 0.15) is 23.3 Å². The number of ether oxygens (including phenoxy) is 3. The van der Waals surface area contributed by atoms with Crippen molar-refractivity contribution in [1.82, 2.24) is 19.4 Å². The second-order valence-electron chi connectivity index (χ2n) is 8.35. The van der Waals surface area contributed by atoms with E-state index in [0.29, 0.717) is 54.2 Å². The molecule has 0 saturated carbocycles. The van der Waals surface area contributed by atoms with E-state index in [1.54, 1.807) is 38.4 Å². The highest BCUT2D eigenvalue weighted by atomic mass is 16.5. The number of hydrogen-bond acceptors (Lipinski definition) is 7. The minimum atomic E-state index is -0.299. The minimum absolute atomic E-state index is 0.0665. The molecule has 10 heteroatoms. The third-order valence-corrected chi connectivity index (χ3v) is 6.43. The molecule has 10 nitrogen and oxygen atoms in total. The highest BCUT2D eigenvalue weighted by Gasteiger charge is 2.23. The van der Waals surface area contributed by atoms with Crippen molar-refractivity contribution >= 4 is 33.5 Å². The van der Waals surface area contributed by atoms with E-state index in [1.165, 1.54) is 10.9 Å². The van der Waals surface area contributed by atoms with Crippen LogP contribution in [0.5, 0.6) is 17.2 Å². The number of carbonyl (C=O) groups excluding carboxylic acids is 1. The van der Waals surface area contributed by atoms with Gasteiger partial charge < -0.3 is 29.0 Å². The van der Waals surface area contributed by atoms with Crippen molar-refractivity contribution in [2.45, 2.75) is 6.54 Å². The SMILES string of the molecule is COc1cccc(N2CCN(C(=O)Cn3cnc4c([nH]c5cc(OC)c(OC)cc54)c3=O)CC2)c1. The van der Waals surface area contributed by atoms with Crippen molar-refractivity contribution in [3.05, 3.63) is 53.1 Å². The summed E-state index contributed by atoms with van der Waals surface area (Å²) < 4.78 is 17.4. The van der Waals surface area contributed by atoms with Crippen LogP contribution in [0, 0.1) is 0 Å². The van der Waals surface area contributed by atoms with Crippen LogP contribution >= 0.6 is 0 Å². The zero-order valence-corrected chi connectivity index (χ0v) is 19.9. The van der Waals surface area contributed by atoms with E-state index in [2.05, 4.69) is 14.9 Å². The summed E-state index contributed by atoms with van der Waals surface area (Å²) in [6.07, 6.45) is 1.43. The van der Waals surface area contributed by atoms with Crippen LogP contribution < -0.4 is 24.7 Å². The van der Waals surface area contributed by atoms with E-state index in [-0.39, 0.29) is 18.0 Å². The van der Waals surface area contributed by atoms with Gasteiger partial charge in [0, 0.05) is 49.4 Å². The smallest absolute Gasteiger partial charge is 0.278 e. The second kappa shape index (κ2) is 9.21. The molecular formula is C25H27N5O5. The molecule has 0 atom stereocenters. The average molecular weight is 478 g/mol. The fraction of sp³-hybridized carbons (Fsp3) is 0.320. The summed E-state index contributed by atoms with van der Waals surface area (Å²) in [7, 11) is 4.76. The topological polar surface area (TPSA) is 102 Å². The summed E-state index contributed by atoms with van der Waals surface area (Å²) >= 11 is 0. The van der Waals surface area contributed by atoms with Gasteiger partial charge in [-0.15, -0.1) is 0 Å². The fourth-order valence-electron chi connectivity index (χ4n) is 4.50. The predicted molar refractivity (Wildman–Crippen MR) is 133 cm³/mol. The van der Waals surface area contributed by atoms with Crippen molar-refractivity contribution < 1.29 is 19.0 Å². The Balaban J connectivity index is 1.33. The molecule has 0 radical (unpaired) electrons. The normalized spacial score (nSPS) is 13.9.